The van der Waals surface area contributed by atoms with Crippen LogP contribution >= 0.6 is 0 Å². The molecule has 0 atom stereocenters. The van der Waals surface area contributed by atoms with Crippen LogP contribution in [0.4, 0.5) is 5.69 Å². The second-order valence-electron chi connectivity index (χ2n) is 3.33. The fourth-order valence-corrected chi connectivity index (χ4v) is 1.66. The van der Waals surface area contributed by atoms with E-state index in [4.69, 9.17) is 5.11 Å². The molecule has 7 nitrogen and oxygen atoms in total. The van der Waals surface area contributed by atoms with Crippen LogP contribution in [0.1, 0.15) is 0 Å². The van der Waals surface area contributed by atoms with Crippen molar-refractivity contribution in [1.82, 2.24) is 0 Å². The molecule has 1 aromatic carbocycles. The first-order chi connectivity index (χ1) is 8.34. The number of hydrogen-bond donors (Lipinski definition) is 2. The maximum absolute atomic E-state index is 11.2. The molecule has 0 fully saturated rings. The predicted octanol–water partition coefficient (Wildman–Crippen LogP) is 0.141. The highest BCUT2D eigenvalue weighted by Gasteiger charge is 2.08. The Hall–Kier alpha value is -2.22. The van der Waals surface area contributed by atoms with Gasteiger partial charge in [0.2, 0.25) is 5.71 Å². The van der Waals surface area contributed by atoms with Gasteiger partial charge >= 0.3 is 5.97 Å². The third-order valence-corrected chi connectivity index (χ3v) is 3.05. The van der Waals surface area contributed by atoms with Crippen LogP contribution in [0.25, 0.3) is 0 Å². The highest BCUT2D eigenvalue weighted by molar-refractivity contribution is 7.90. The van der Waals surface area contributed by atoms with Crippen molar-refractivity contribution in [3.8, 4) is 0 Å². The van der Waals surface area contributed by atoms with Gasteiger partial charge in [-0.25, -0.2) is 13.2 Å². The summed E-state index contributed by atoms with van der Waals surface area (Å²) in [5.41, 5.74) is 2.02. The second-order valence-corrected chi connectivity index (χ2v) is 5.34. The van der Waals surface area contributed by atoms with Crippen molar-refractivity contribution in [3.05, 3.63) is 24.3 Å². The third kappa shape index (κ3) is 3.67. The molecule has 0 saturated heterocycles. The number of sulfone groups is 1. The summed E-state index contributed by atoms with van der Waals surface area (Å²) in [7, 11) is -3.28. The lowest BCUT2D eigenvalue weighted by molar-refractivity contribution is -0.129. The number of carbonyl (C=O) groups is 2. The molecule has 0 unspecified atom stereocenters. The van der Waals surface area contributed by atoms with Crippen LogP contribution in [0.2, 0.25) is 0 Å². The zero-order valence-electron chi connectivity index (χ0n) is 9.32. The molecular formula is C10H10N2O5S. The molecule has 0 heterocycles. The normalized spacial score (nSPS) is 11.9. The quantitative estimate of drug-likeness (QED) is 0.340. The number of hydrogen-bond acceptors (Lipinski definition) is 6. The van der Waals surface area contributed by atoms with E-state index in [0.717, 1.165) is 6.26 Å². The van der Waals surface area contributed by atoms with Gasteiger partial charge < -0.3 is 5.11 Å². The first-order valence-corrected chi connectivity index (χ1v) is 6.56. The Bertz CT molecular complexity index is 589. The minimum Gasteiger partial charge on any atom is -0.476 e. The van der Waals surface area contributed by atoms with Crippen molar-refractivity contribution in [3.63, 3.8) is 0 Å². The van der Waals surface area contributed by atoms with Gasteiger partial charge in [-0.05, 0) is 24.3 Å². The molecule has 8 heteroatoms. The molecule has 0 aliphatic rings. The van der Waals surface area contributed by atoms with Crippen molar-refractivity contribution in [1.29, 1.82) is 0 Å². The minimum absolute atomic E-state index is 0.0974. The molecule has 0 bridgehead atoms. The summed E-state index contributed by atoms with van der Waals surface area (Å²) in [5.74, 6) is -1.45. The highest BCUT2D eigenvalue weighted by Crippen LogP contribution is 2.13. The van der Waals surface area contributed by atoms with Crippen molar-refractivity contribution < 1.29 is 23.1 Å². The summed E-state index contributed by atoms with van der Waals surface area (Å²) < 4.78 is 22.3. The molecule has 0 aliphatic heterocycles. The van der Waals surface area contributed by atoms with Gasteiger partial charge in [0.25, 0.3) is 0 Å². The molecular weight excluding hydrogens is 260 g/mol. The Labute approximate surface area is 103 Å². The Morgan fingerprint density at radius 2 is 1.89 bits per heavy atom. The summed E-state index contributed by atoms with van der Waals surface area (Å²) >= 11 is 0. The average Bonchev–Trinajstić information content (AvgIpc) is 2.29. The summed E-state index contributed by atoms with van der Waals surface area (Å²) in [6.07, 6.45) is 1.17. The fourth-order valence-electron chi connectivity index (χ4n) is 1.03. The van der Waals surface area contributed by atoms with Gasteiger partial charge in [0.05, 0.1) is 10.6 Å². The molecule has 96 valence electrons. The average molecular weight is 270 g/mol. The van der Waals surface area contributed by atoms with E-state index in [2.05, 4.69) is 10.5 Å². The van der Waals surface area contributed by atoms with Crippen LogP contribution in [-0.4, -0.2) is 37.7 Å². The lowest BCUT2D eigenvalue weighted by atomic mass is 10.3. The van der Waals surface area contributed by atoms with Crippen molar-refractivity contribution in [2.45, 2.75) is 4.90 Å². The number of benzene rings is 1. The van der Waals surface area contributed by atoms with E-state index < -0.39 is 21.5 Å². The molecule has 0 spiro atoms. The van der Waals surface area contributed by atoms with E-state index in [0.29, 0.717) is 5.69 Å². The standard InChI is InChI=1S/C10H10N2O5S/c1-18(16,17)8-4-2-7(3-5-8)11-12-9(6-13)10(14)15/h2-6,11H,1H3,(H,14,15)/b12-9+. The van der Waals surface area contributed by atoms with Crippen LogP contribution in [-0.2, 0) is 19.4 Å². The number of anilines is 1. The van der Waals surface area contributed by atoms with Gasteiger partial charge in [0.1, 0.15) is 0 Å². The first-order valence-electron chi connectivity index (χ1n) is 4.67. The molecule has 0 aliphatic carbocycles. The number of aliphatic carboxylic acids is 1. The predicted molar refractivity (Wildman–Crippen MR) is 64.3 cm³/mol. The van der Waals surface area contributed by atoms with Crippen molar-refractivity contribution in [2.75, 3.05) is 11.7 Å². The Morgan fingerprint density at radius 1 is 1.33 bits per heavy atom. The lowest BCUT2D eigenvalue weighted by Gasteiger charge is -2.02. The summed E-state index contributed by atoms with van der Waals surface area (Å²) in [6, 6.07) is 5.50. The number of rotatable bonds is 5. The zero-order valence-corrected chi connectivity index (χ0v) is 10.1. The number of aldehydes is 1. The van der Waals surface area contributed by atoms with E-state index in [9.17, 15) is 18.0 Å². The lowest BCUT2D eigenvalue weighted by Crippen LogP contribution is -2.15. The van der Waals surface area contributed by atoms with E-state index in [-0.39, 0.29) is 11.2 Å². The summed E-state index contributed by atoms with van der Waals surface area (Å²) in [4.78, 5) is 20.9. The molecule has 0 saturated carbocycles. The van der Waals surface area contributed by atoms with E-state index >= 15 is 0 Å². The molecule has 0 amide bonds. The summed E-state index contributed by atoms with van der Waals surface area (Å²) in [6.45, 7) is 0. The number of hydrazone groups is 1. The number of nitrogens with one attached hydrogen (secondary N) is 1. The zero-order chi connectivity index (χ0) is 13.8. The molecule has 2 N–H and O–H groups in total. The Morgan fingerprint density at radius 3 is 2.28 bits per heavy atom. The number of carboxylic acid groups (broad SMARTS) is 1. The smallest absolute Gasteiger partial charge is 0.359 e. The van der Waals surface area contributed by atoms with E-state index in [1.165, 1.54) is 24.3 Å². The van der Waals surface area contributed by atoms with Crippen molar-refractivity contribution >= 4 is 33.5 Å². The molecule has 1 aromatic rings. The van der Waals surface area contributed by atoms with Crippen molar-refractivity contribution in [2.24, 2.45) is 5.10 Å². The van der Waals surface area contributed by atoms with Gasteiger partial charge in [0.15, 0.2) is 16.1 Å². The highest BCUT2D eigenvalue weighted by atomic mass is 32.2. The van der Waals surface area contributed by atoms with Crippen LogP contribution in [0.5, 0.6) is 0 Å². The first kappa shape index (κ1) is 13.8. The molecule has 0 radical (unpaired) electrons. The van der Waals surface area contributed by atoms with Gasteiger partial charge in [-0.2, -0.15) is 5.10 Å². The SMILES string of the molecule is CS(=O)(=O)c1ccc(N/N=C(\C=O)C(=O)O)cc1. The fraction of sp³-hybridized carbons (Fsp3) is 0.100. The number of nitrogens with zero attached hydrogens (tertiary/aromatic N) is 1. The van der Waals surface area contributed by atoms with Gasteiger partial charge in [0, 0.05) is 6.26 Å². The van der Waals surface area contributed by atoms with Crippen LogP contribution in [0.15, 0.2) is 34.3 Å². The monoisotopic (exact) mass is 270 g/mol. The van der Waals surface area contributed by atoms with Crippen LogP contribution in [0.3, 0.4) is 0 Å². The van der Waals surface area contributed by atoms with Gasteiger partial charge in [-0.1, -0.05) is 0 Å². The number of carbonyl (C=O) groups excluding carboxylic acids is 1. The molecule has 1 rings (SSSR count). The Balaban J connectivity index is 2.88. The maximum atomic E-state index is 11.2. The largest absolute Gasteiger partial charge is 0.476 e. The second kappa shape index (κ2) is 5.41. The Kier molecular flexibility index (Phi) is 4.16. The van der Waals surface area contributed by atoms with E-state index in [1.54, 1.807) is 0 Å². The topological polar surface area (TPSA) is 113 Å². The van der Waals surface area contributed by atoms with Gasteiger partial charge in [-0.3, -0.25) is 10.2 Å². The maximum Gasteiger partial charge on any atom is 0.359 e. The van der Waals surface area contributed by atoms with Crippen LogP contribution < -0.4 is 5.43 Å². The molecule has 0 aromatic heterocycles. The van der Waals surface area contributed by atoms with Crippen LogP contribution in [0, 0.1) is 0 Å². The van der Waals surface area contributed by atoms with Gasteiger partial charge in [-0.15, -0.1) is 0 Å². The third-order valence-electron chi connectivity index (χ3n) is 1.92. The minimum atomic E-state index is -3.28. The van der Waals surface area contributed by atoms with E-state index in [1.807, 2.05) is 0 Å². The number of carboxylic acids is 1. The molecule has 18 heavy (non-hydrogen) atoms. The summed E-state index contributed by atoms with van der Waals surface area (Å²) in [5, 5.41) is 11.9.